The normalized spacial score (nSPS) is 11.6. The Hall–Kier alpha value is -2.87. The van der Waals surface area contributed by atoms with Gasteiger partial charge >= 0.3 is 5.97 Å². The standard InChI is InChI=1S/C20H23N3O2/c1-4-6-15-7-9-16(10-8-15)19-13-18(22-23(19)3)17(14-21)11-12-20(24)25-5-2/h4,7-10,13,17H,1,5-6,11-12H2,2-3H3. The number of benzene rings is 1. The molecule has 2 rings (SSSR count). The van der Waals surface area contributed by atoms with Gasteiger partial charge in [-0.1, -0.05) is 30.3 Å². The molecule has 1 aromatic heterocycles. The van der Waals surface area contributed by atoms with Gasteiger partial charge in [0, 0.05) is 13.5 Å². The molecule has 0 aliphatic rings. The maximum absolute atomic E-state index is 11.5. The van der Waals surface area contributed by atoms with Crippen molar-refractivity contribution in [1.29, 1.82) is 5.26 Å². The number of hydrogen-bond acceptors (Lipinski definition) is 4. The molecule has 0 aliphatic carbocycles. The second-order valence-electron chi connectivity index (χ2n) is 5.79. The van der Waals surface area contributed by atoms with Gasteiger partial charge in [-0.15, -0.1) is 6.58 Å². The fourth-order valence-corrected chi connectivity index (χ4v) is 2.68. The van der Waals surface area contributed by atoms with Crippen LogP contribution >= 0.6 is 0 Å². The van der Waals surface area contributed by atoms with Crippen molar-refractivity contribution in [2.24, 2.45) is 7.05 Å². The molecule has 5 heteroatoms. The van der Waals surface area contributed by atoms with E-state index in [1.165, 1.54) is 5.56 Å². The van der Waals surface area contributed by atoms with Crippen LogP contribution in [0.3, 0.4) is 0 Å². The van der Waals surface area contributed by atoms with Gasteiger partial charge in [0.15, 0.2) is 0 Å². The Morgan fingerprint density at radius 3 is 2.76 bits per heavy atom. The first kappa shape index (κ1) is 18.5. The summed E-state index contributed by atoms with van der Waals surface area (Å²) in [6, 6.07) is 12.4. The Bertz CT molecular complexity index is 769. The van der Waals surface area contributed by atoms with E-state index in [-0.39, 0.29) is 12.4 Å². The van der Waals surface area contributed by atoms with Gasteiger partial charge in [0.1, 0.15) is 0 Å². The van der Waals surface area contributed by atoms with Gasteiger partial charge in [-0.2, -0.15) is 10.4 Å². The molecule has 1 heterocycles. The Morgan fingerprint density at radius 1 is 1.44 bits per heavy atom. The molecule has 0 radical (unpaired) electrons. The molecule has 2 aromatic rings. The van der Waals surface area contributed by atoms with Gasteiger partial charge in [-0.05, 0) is 37.0 Å². The summed E-state index contributed by atoms with van der Waals surface area (Å²) >= 11 is 0. The van der Waals surface area contributed by atoms with Crippen molar-refractivity contribution in [1.82, 2.24) is 9.78 Å². The highest BCUT2D eigenvalue weighted by atomic mass is 16.5. The van der Waals surface area contributed by atoms with Gasteiger partial charge in [0.2, 0.25) is 0 Å². The highest BCUT2D eigenvalue weighted by molar-refractivity contribution is 5.69. The smallest absolute Gasteiger partial charge is 0.305 e. The van der Waals surface area contributed by atoms with Crippen LogP contribution in [0.2, 0.25) is 0 Å². The molecule has 0 fully saturated rings. The van der Waals surface area contributed by atoms with Crippen molar-refractivity contribution < 1.29 is 9.53 Å². The van der Waals surface area contributed by atoms with E-state index in [0.717, 1.165) is 17.7 Å². The molecule has 0 spiro atoms. The fraction of sp³-hybridized carbons (Fsp3) is 0.350. The fourth-order valence-electron chi connectivity index (χ4n) is 2.68. The molecule has 0 saturated carbocycles. The number of esters is 1. The first-order valence-corrected chi connectivity index (χ1v) is 8.38. The minimum Gasteiger partial charge on any atom is -0.466 e. The Kier molecular flexibility index (Phi) is 6.53. The number of carbonyl (C=O) groups is 1. The molecule has 25 heavy (non-hydrogen) atoms. The molecule has 1 atom stereocenters. The lowest BCUT2D eigenvalue weighted by molar-refractivity contribution is -0.143. The van der Waals surface area contributed by atoms with E-state index in [1.54, 1.807) is 11.6 Å². The lowest BCUT2D eigenvalue weighted by Gasteiger charge is -2.05. The quantitative estimate of drug-likeness (QED) is 0.543. The highest BCUT2D eigenvalue weighted by Crippen LogP contribution is 2.26. The second kappa shape index (κ2) is 8.84. The van der Waals surface area contributed by atoms with Gasteiger partial charge < -0.3 is 4.74 Å². The van der Waals surface area contributed by atoms with E-state index in [9.17, 15) is 10.1 Å². The summed E-state index contributed by atoms with van der Waals surface area (Å²) < 4.78 is 6.69. The van der Waals surface area contributed by atoms with Crippen LogP contribution in [0.5, 0.6) is 0 Å². The summed E-state index contributed by atoms with van der Waals surface area (Å²) in [5, 5.41) is 13.9. The topological polar surface area (TPSA) is 67.9 Å². The van der Waals surface area contributed by atoms with Gasteiger partial charge in [-0.3, -0.25) is 9.48 Å². The van der Waals surface area contributed by atoms with E-state index in [0.29, 0.717) is 18.7 Å². The first-order valence-electron chi connectivity index (χ1n) is 8.38. The SMILES string of the molecule is C=CCc1ccc(-c2cc(C(C#N)CCC(=O)OCC)nn2C)cc1. The number of hydrogen-bond donors (Lipinski definition) is 0. The number of ether oxygens (including phenoxy) is 1. The Morgan fingerprint density at radius 2 is 2.16 bits per heavy atom. The predicted octanol–water partition coefficient (Wildman–Crippen LogP) is 3.77. The molecule has 0 N–H and O–H groups in total. The second-order valence-corrected chi connectivity index (χ2v) is 5.79. The lowest BCUT2D eigenvalue weighted by atomic mass is 10.00. The third-order valence-corrected chi connectivity index (χ3v) is 3.98. The van der Waals surface area contributed by atoms with Crippen molar-refractivity contribution in [3.63, 3.8) is 0 Å². The molecule has 1 aromatic carbocycles. The highest BCUT2D eigenvalue weighted by Gasteiger charge is 2.18. The van der Waals surface area contributed by atoms with Crippen molar-refractivity contribution in [3.05, 3.63) is 54.2 Å². The summed E-state index contributed by atoms with van der Waals surface area (Å²) in [6.07, 6.45) is 3.33. The number of nitriles is 1. The zero-order valence-corrected chi connectivity index (χ0v) is 14.7. The molecular formula is C20H23N3O2. The average molecular weight is 337 g/mol. The molecular weight excluding hydrogens is 314 g/mol. The largest absolute Gasteiger partial charge is 0.466 e. The van der Waals surface area contributed by atoms with Crippen LogP contribution < -0.4 is 0 Å². The summed E-state index contributed by atoms with van der Waals surface area (Å²) in [5.41, 5.74) is 3.86. The van der Waals surface area contributed by atoms with E-state index >= 15 is 0 Å². The van der Waals surface area contributed by atoms with Crippen molar-refractivity contribution in [2.75, 3.05) is 6.61 Å². The molecule has 0 saturated heterocycles. The number of carbonyl (C=O) groups excluding carboxylic acids is 1. The van der Waals surface area contributed by atoms with Crippen LogP contribution in [0, 0.1) is 11.3 Å². The molecule has 0 aliphatic heterocycles. The van der Waals surface area contributed by atoms with Crippen molar-refractivity contribution in [3.8, 4) is 17.3 Å². The molecule has 5 nitrogen and oxygen atoms in total. The van der Waals surface area contributed by atoms with Crippen LogP contribution in [-0.4, -0.2) is 22.4 Å². The van der Waals surface area contributed by atoms with E-state index < -0.39 is 5.92 Å². The molecule has 130 valence electrons. The first-order chi connectivity index (χ1) is 12.1. The van der Waals surface area contributed by atoms with Crippen LogP contribution in [-0.2, 0) is 23.0 Å². The van der Waals surface area contributed by atoms with Crippen LogP contribution in [0.25, 0.3) is 11.3 Å². The molecule has 1 unspecified atom stereocenters. The van der Waals surface area contributed by atoms with E-state index in [2.05, 4.69) is 29.9 Å². The molecule has 0 amide bonds. The van der Waals surface area contributed by atoms with Crippen LogP contribution in [0.4, 0.5) is 0 Å². The minimum atomic E-state index is -0.426. The number of rotatable bonds is 8. The summed E-state index contributed by atoms with van der Waals surface area (Å²) in [4.78, 5) is 11.5. The lowest BCUT2D eigenvalue weighted by Crippen LogP contribution is -2.07. The monoisotopic (exact) mass is 337 g/mol. The van der Waals surface area contributed by atoms with Gasteiger partial charge in [0.05, 0.1) is 30.0 Å². The van der Waals surface area contributed by atoms with Crippen molar-refractivity contribution in [2.45, 2.75) is 32.1 Å². The zero-order valence-electron chi connectivity index (χ0n) is 14.7. The number of allylic oxidation sites excluding steroid dienone is 1. The third-order valence-electron chi connectivity index (χ3n) is 3.98. The average Bonchev–Trinajstić information content (AvgIpc) is 2.98. The third kappa shape index (κ3) is 4.80. The Balaban J connectivity index is 2.15. The Labute approximate surface area is 148 Å². The predicted molar refractivity (Wildman–Crippen MR) is 96.8 cm³/mol. The van der Waals surface area contributed by atoms with E-state index in [1.807, 2.05) is 31.3 Å². The zero-order chi connectivity index (χ0) is 18.2. The maximum Gasteiger partial charge on any atom is 0.305 e. The van der Waals surface area contributed by atoms with E-state index in [4.69, 9.17) is 4.74 Å². The van der Waals surface area contributed by atoms with Gasteiger partial charge in [-0.25, -0.2) is 0 Å². The molecule has 0 bridgehead atoms. The van der Waals surface area contributed by atoms with Crippen molar-refractivity contribution >= 4 is 5.97 Å². The number of aromatic nitrogens is 2. The summed E-state index contributed by atoms with van der Waals surface area (Å²) in [7, 11) is 1.86. The maximum atomic E-state index is 11.5. The van der Waals surface area contributed by atoms with Crippen LogP contribution in [0.15, 0.2) is 43.0 Å². The number of aryl methyl sites for hydroxylation is 1. The minimum absolute atomic E-state index is 0.216. The van der Waals surface area contributed by atoms with Crippen LogP contribution in [0.1, 0.15) is 36.9 Å². The van der Waals surface area contributed by atoms with Gasteiger partial charge in [0.25, 0.3) is 0 Å². The number of nitrogens with zero attached hydrogens (tertiary/aromatic N) is 3. The summed E-state index contributed by atoms with van der Waals surface area (Å²) in [5.74, 6) is -0.707. The summed E-state index contributed by atoms with van der Waals surface area (Å²) in [6.45, 7) is 5.87.